The zero-order chi connectivity index (χ0) is 11.8. The van der Waals surface area contributed by atoms with Gasteiger partial charge in [-0.15, -0.1) is 0 Å². The van der Waals surface area contributed by atoms with Crippen LogP contribution >= 0.6 is 0 Å². The number of hydrogen-bond donors (Lipinski definition) is 0. The molecule has 16 heavy (non-hydrogen) atoms. The Balaban J connectivity index is 2.27. The van der Waals surface area contributed by atoms with E-state index in [-0.39, 0.29) is 0 Å². The standard InChI is InChI=1S/C15H22O/c1-11-7-8-16-14-6-5-12(9-13(11)14)10-15(2,3)4/h5-6,9,11H,7-8,10H2,1-4H3. The van der Waals surface area contributed by atoms with Gasteiger partial charge in [0.25, 0.3) is 0 Å². The van der Waals surface area contributed by atoms with E-state index in [4.69, 9.17) is 4.74 Å². The summed E-state index contributed by atoms with van der Waals surface area (Å²) in [5, 5.41) is 0. The Morgan fingerprint density at radius 3 is 2.75 bits per heavy atom. The average molecular weight is 218 g/mol. The number of ether oxygens (including phenoxy) is 1. The second kappa shape index (κ2) is 4.12. The van der Waals surface area contributed by atoms with E-state index in [0.717, 1.165) is 25.2 Å². The van der Waals surface area contributed by atoms with Crippen molar-refractivity contribution in [3.8, 4) is 5.75 Å². The first-order chi connectivity index (χ1) is 7.46. The third kappa shape index (κ3) is 2.58. The highest BCUT2D eigenvalue weighted by molar-refractivity contribution is 5.41. The number of fused-ring (bicyclic) bond motifs is 1. The summed E-state index contributed by atoms with van der Waals surface area (Å²) in [5.74, 6) is 1.74. The Morgan fingerprint density at radius 2 is 2.06 bits per heavy atom. The molecule has 1 heteroatoms. The summed E-state index contributed by atoms with van der Waals surface area (Å²) >= 11 is 0. The van der Waals surface area contributed by atoms with Crippen molar-refractivity contribution in [2.24, 2.45) is 5.41 Å². The third-order valence-electron chi connectivity index (χ3n) is 3.15. The predicted molar refractivity (Wildman–Crippen MR) is 68.1 cm³/mol. The summed E-state index contributed by atoms with van der Waals surface area (Å²) in [7, 11) is 0. The van der Waals surface area contributed by atoms with Crippen LogP contribution in [-0.2, 0) is 6.42 Å². The molecule has 0 N–H and O–H groups in total. The molecule has 0 spiro atoms. The summed E-state index contributed by atoms with van der Waals surface area (Å²) in [6, 6.07) is 6.69. The maximum Gasteiger partial charge on any atom is 0.122 e. The molecule has 1 nitrogen and oxygen atoms in total. The van der Waals surface area contributed by atoms with Gasteiger partial charge in [0.1, 0.15) is 5.75 Å². The molecular weight excluding hydrogens is 196 g/mol. The Hall–Kier alpha value is -0.980. The number of hydrogen-bond acceptors (Lipinski definition) is 1. The summed E-state index contributed by atoms with van der Waals surface area (Å²) < 4.78 is 5.68. The molecule has 0 saturated heterocycles. The first-order valence-corrected chi connectivity index (χ1v) is 6.21. The monoisotopic (exact) mass is 218 g/mol. The minimum Gasteiger partial charge on any atom is -0.493 e. The van der Waals surface area contributed by atoms with Crippen LogP contribution in [0.4, 0.5) is 0 Å². The summed E-state index contributed by atoms with van der Waals surface area (Å²) in [6.07, 6.45) is 2.28. The smallest absolute Gasteiger partial charge is 0.122 e. The van der Waals surface area contributed by atoms with Gasteiger partial charge in [-0.2, -0.15) is 0 Å². The fourth-order valence-corrected chi connectivity index (χ4v) is 2.34. The van der Waals surface area contributed by atoms with Crippen molar-refractivity contribution in [2.45, 2.75) is 46.5 Å². The minimum absolute atomic E-state index is 0.354. The molecule has 0 aliphatic carbocycles. The van der Waals surface area contributed by atoms with E-state index >= 15 is 0 Å². The lowest BCUT2D eigenvalue weighted by Crippen LogP contribution is -2.14. The van der Waals surface area contributed by atoms with Gasteiger partial charge >= 0.3 is 0 Å². The molecule has 88 valence electrons. The second-order valence-electron chi connectivity index (χ2n) is 6.15. The van der Waals surface area contributed by atoms with Crippen molar-refractivity contribution in [3.63, 3.8) is 0 Å². The largest absolute Gasteiger partial charge is 0.493 e. The van der Waals surface area contributed by atoms with Crippen LogP contribution in [0.25, 0.3) is 0 Å². The van der Waals surface area contributed by atoms with E-state index in [0.29, 0.717) is 11.3 Å². The zero-order valence-electron chi connectivity index (χ0n) is 10.8. The second-order valence-corrected chi connectivity index (χ2v) is 6.15. The highest BCUT2D eigenvalue weighted by Crippen LogP contribution is 2.35. The van der Waals surface area contributed by atoms with Crippen molar-refractivity contribution in [1.82, 2.24) is 0 Å². The van der Waals surface area contributed by atoms with Crippen molar-refractivity contribution in [3.05, 3.63) is 29.3 Å². The van der Waals surface area contributed by atoms with Gasteiger partial charge in [-0.3, -0.25) is 0 Å². The normalized spacial score (nSPS) is 20.1. The molecule has 1 aromatic rings. The maximum atomic E-state index is 5.68. The SMILES string of the molecule is CC1CCOc2ccc(CC(C)(C)C)cc21. The highest BCUT2D eigenvalue weighted by Gasteiger charge is 2.19. The number of benzene rings is 1. The molecule has 0 aromatic heterocycles. The first-order valence-electron chi connectivity index (χ1n) is 6.21. The molecule has 0 amide bonds. The molecule has 1 aliphatic rings. The van der Waals surface area contributed by atoms with Gasteiger partial charge in [-0.05, 0) is 41.4 Å². The molecule has 1 heterocycles. The fraction of sp³-hybridized carbons (Fsp3) is 0.600. The topological polar surface area (TPSA) is 9.23 Å². The Morgan fingerprint density at radius 1 is 1.31 bits per heavy atom. The lowest BCUT2D eigenvalue weighted by molar-refractivity contribution is 0.272. The van der Waals surface area contributed by atoms with Gasteiger partial charge in [0.2, 0.25) is 0 Å². The molecule has 1 aromatic carbocycles. The van der Waals surface area contributed by atoms with Crippen LogP contribution in [0, 0.1) is 5.41 Å². The maximum absolute atomic E-state index is 5.68. The van der Waals surface area contributed by atoms with Crippen LogP contribution < -0.4 is 4.74 Å². The molecule has 0 radical (unpaired) electrons. The molecule has 0 fully saturated rings. The van der Waals surface area contributed by atoms with Crippen molar-refractivity contribution >= 4 is 0 Å². The van der Waals surface area contributed by atoms with E-state index in [2.05, 4.69) is 45.9 Å². The van der Waals surface area contributed by atoms with Gasteiger partial charge in [-0.1, -0.05) is 39.8 Å². The van der Waals surface area contributed by atoms with Crippen LogP contribution in [0.2, 0.25) is 0 Å². The summed E-state index contributed by atoms with van der Waals surface area (Å²) in [5.41, 5.74) is 3.18. The van der Waals surface area contributed by atoms with E-state index in [1.807, 2.05) is 0 Å². The molecule has 0 bridgehead atoms. The van der Waals surface area contributed by atoms with Gasteiger partial charge in [-0.25, -0.2) is 0 Å². The zero-order valence-corrected chi connectivity index (χ0v) is 10.8. The minimum atomic E-state index is 0.354. The van der Waals surface area contributed by atoms with Crippen molar-refractivity contribution in [2.75, 3.05) is 6.61 Å². The van der Waals surface area contributed by atoms with Gasteiger partial charge in [0, 0.05) is 0 Å². The molecule has 1 unspecified atom stereocenters. The highest BCUT2D eigenvalue weighted by atomic mass is 16.5. The number of rotatable bonds is 1. The predicted octanol–water partition coefficient (Wildman–Crippen LogP) is 4.16. The molecule has 1 atom stereocenters. The van der Waals surface area contributed by atoms with Gasteiger partial charge in [0.05, 0.1) is 6.61 Å². The van der Waals surface area contributed by atoms with Crippen LogP contribution in [0.3, 0.4) is 0 Å². The Kier molecular flexibility index (Phi) is 2.96. The Bertz CT molecular complexity index is 374. The van der Waals surface area contributed by atoms with E-state index < -0.39 is 0 Å². The first kappa shape index (κ1) is 11.5. The van der Waals surface area contributed by atoms with E-state index in [9.17, 15) is 0 Å². The molecule has 1 aliphatic heterocycles. The van der Waals surface area contributed by atoms with Crippen molar-refractivity contribution in [1.29, 1.82) is 0 Å². The average Bonchev–Trinajstić information content (AvgIpc) is 2.17. The summed E-state index contributed by atoms with van der Waals surface area (Å²) in [4.78, 5) is 0. The van der Waals surface area contributed by atoms with Crippen LogP contribution in [-0.4, -0.2) is 6.61 Å². The fourth-order valence-electron chi connectivity index (χ4n) is 2.34. The quantitative estimate of drug-likeness (QED) is 0.687. The third-order valence-corrected chi connectivity index (χ3v) is 3.15. The van der Waals surface area contributed by atoms with Crippen LogP contribution in [0.5, 0.6) is 5.75 Å². The lowest BCUT2D eigenvalue weighted by atomic mass is 9.85. The van der Waals surface area contributed by atoms with E-state index in [1.165, 1.54) is 11.1 Å². The summed E-state index contributed by atoms with van der Waals surface area (Å²) in [6.45, 7) is 10.0. The molecular formula is C15H22O. The van der Waals surface area contributed by atoms with Crippen LogP contribution in [0.15, 0.2) is 18.2 Å². The van der Waals surface area contributed by atoms with Gasteiger partial charge < -0.3 is 4.74 Å². The van der Waals surface area contributed by atoms with Crippen molar-refractivity contribution < 1.29 is 4.74 Å². The molecule has 0 saturated carbocycles. The van der Waals surface area contributed by atoms with E-state index in [1.54, 1.807) is 0 Å². The van der Waals surface area contributed by atoms with Gasteiger partial charge in [0.15, 0.2) is 0 Å². The Labute approximate surface area is 98.8 Å². The van der Waals surface area contributed by atoms with Crippen LogP contribution in [0.1, 0.15) is 51.2 Å². The molecule has 2 rings (SSSR count). The lowest BCUT2D eigenvalue weighted by Gasteiger charge is -2.25.